The van der Waals surface area contributed by atoms with Gasteiger partial charge in [-0.1, -0.05) is 29.8 Å². The maximum absolute atomic E-state index is 6.58. The second-order valence-corrected chi connectivity index (χ2v) is 8.89. The number of aryl methyl sites for hydroxylation is 2. The number of hydrogen-bond acceptors (Lipinski definition) is 4. The molecule has 5 rings (SSSR count). The monoisotopic (exact) mass is 410 g/mol. The lowest BCUT2D eigenvalue weighted by atomic mass is 9.94. The number of fused-ring (bicyclic) bond motifs is 3. The molecule has 4 aromatic rings. The summed E-state index contributed by atoms with van der Waals surface area (Å²) in [6, 6.07) is 10.4. The summed E-state index contributed by atoms with van der Waals surface area (Å²) < 4.78 is 2.39. The average molecular weight is 411 g/mol. The molecule has 6 heteroatoms. The molecule has 1 saturated heterocycles. The smallest absolute Gasteiger partial charge is 0.157 e. The Labute approximate surface area is 173 Å². The Morgan fingerprint density at radius 2 is 2.00 bits per heavy atom. The number of nitrogens with zero attached hydrogens (tertiary/aromatic N) is 3. The molecule has 0 spiro atoms. The predicted octanol–water partition coefficient (Wildman–Crippen LogP) is 5.66. The number of halogens is 1. The molecule has 1 aliphatic heterocycles. The van der Waals surface area contributed by atoms with Crippen LogP contribution in [-0.4, -0.2) is 27.6 Å². The Bertz CT molecular complexity index is 1140. The van der Waals surface area contributed by atoms with Crippen LogP contribution in [0.25, 0.3) is 32.6 Å². The van der Waals surface area contributed by atoms with E-state index in [0.29, 0.717) is 5.15 Å². The lowest BCUT2D eigenvalue weighted by molar-refractivity contribution is 0.340. The topological polar surface area (TPSA) is 42.7 Å². The van der Waals surface area contributed by atoms with Crippen molar-refractivity contribution in [3.8, 4) is 10.7 Å². The van der Waals surface area contributed by atoms with Gasteiger partial charge in [-0.25, -0.2) is 9.97 Å². The van der Waals surface area contributed by atoms with E-state index in [4.69, 9.17) is 16.6 Å². The molecule has 28 heavy (non-hydrogen) atoms. The van der Waals surface area contributed by atoms with Crippen LogP contribution in [0.15, 0.2) is 35.7 Å². The molecular formula is C22H23ClN4S. The molecule has 0 amide bonds. The van der Waals surface area contributed by atoms with Gasteiger partial charge in [0.1, 0.15) is 5.52 Å². The van der Waals surface area contributed by atoms with Gasteiger partial charge >= 0.3 is 0 Å². The van der Waals surface area contributed by atoms with Crippen molar-refractivity contribution in [1.29, 1.82) is 0 Å². The number of hydrogen-bond donors (Lipinski definition) is 1. The fraction of sp³-hybridized carbons (Fsp3) is 0.364. The van der Waals surface area contributed by atoms with Crippen molar-refractivity contribution in [3.63, 3.8) is 0 Å². The number of pyridine rings is 1. The summed E-state index contributed by atoms with van der Waals surface area (Å²) in [4.78, 5) is 10.8. The Hall–Kier alpha value is -1.95. The molecular weight excluding hydrogens is 388 g/mol. The van der Waals surface area contributed by atoms with Gasteiger partial charge in [-0.3, -0.25) is 0 Å². The first-order valence-electron chi connectivity index (χ1n) is 9.92. The van der Waals surface area contributed by atoms with Crippen LogP contribution in [-0.2, 0) is 6.54 Å². The molecule has 144 valence electrons. The van der Waals surface area contributed by atoms with Crippen molar-refractivity contribution >= 4 is 44.9 Å². The van der Waals surface area contributed by atoms with E-state index in [1.54, 1.807) is 11.3 Å². The molecule has 1 N–H and O–H groups in total. The highest BCUT2D eigenvalue weighted by Crippen LogP contribution is 2.36. The average Bonchev–Trinajstić information content (AvgIpc) is 3.31. The van der Waals surface area contributed by atoms with Gasteiger partial charge in [0.15, 0.2) is 11.0 Å². The first kappa shape index (κ1) is 18.1. The summed E-state index contributed by atoms with van der Waals surface area (Å²) in [7, 11) is 0. The van der Waals surface area contributed by atoms with Crippen molar-refractivity contribution in [1.82, 2.24) is 19.9 Å². The standard InChI is InChI=1S/C22H23ClN4S/c1-14-9-13-28-20(14)22-26-18-19(16-4-2-3-5-17(16)25-21(18)23)27(22)12-8-15-6-10-24-11-7-15/h2-5,9,13,15,24H,6-8,10-12H2,1H3. The second-order valence-electron chi connectivity index (χ2n) is 7.62. The zero-order valence-electron chi connectivity index (χ0n) is 15.9. The number of thiophene rings is 1. The van der Waals surface area contributed by atoms with E-state index in [1.165, 1.54) is 29.7 Å². The zero-order valence-corrected chi connectivity index (χ0v) is 17.5. The fourth-order valence-electron chi connectivity index (χ4n) is 4.27. The van der Waals surface area contributed by atoms with Crippen LogP contribution in [0.5, 0.6) is 0 Å². The normalized spacial score (nSPS) is 15.6. The number of imidazole rings is 1. The lowest BCUT2D eigenvalue weighted by Crippen LogP contribution is -2.28. The Kier molecular flexibility index (Phi) is 4.83. The summed E-state index contributed by atoms with van der Waals surface area (Å²) in [6.07, 6.45) is 3.67. The number of rotatable bonds is 4. The maximum Gasteiger partial charge on any atom is 0.157 e. The third-order valence-corrected chi connectivity index (χ3v) is 7.10. The van der Waals surface area contributed by atoms with Crippen LogP contribution in [0.4, 0.5) is 0 Å². The SMILES string of the molecule is Cc1ccsc1-c1nc2c(Cl)nc3ccccc3c2n1CCC1CCNCC1. The van der Waals surface area contributed by atoms with Gasteiger partial charge in [0.25, 0.3) is 0 Å². The van der Waals surface area contributed by atoms with Crippen molar-refractivity contribution in [2.75, 3.05) is 13.1 Å². The van der Waals surface area contributed by atoms with Crippen molar-refractivity contribution in [2.24, 2.45) is 5.92 Å². The van der Waals surface area contributed by atoms with Gasteiger partial charge in [0.05, 0.1) is 15.9 Å². The zero-order chi connectivity index (χ0) is 19.1. The molecule has 3 aromatic heterocycles. The van der Waals surface area contributed by atoms with Crippen LogP contribution in [0.2, 0.25) is 5.15 Å². The predicted molar refractivity (Wildman–Crippen MR) is 118 cm³/mol. The summed E-state index contributed by atoms with van der Waals surface area (Å²) in [5.41, 5.74) is 4.12. The van der Waals surface area contributed by atoms with Gasteiger partial charge in [0, 0.05) is 11.9 Å². The second kappa shape index (κ2) is 7.47. The van der Waals surface area contributed by atoms with Crippen LogP contribution < -0.4 is 5.32 Å². The van der Waals surface area contributed by atoms with Gasteiger partial charge in [-0.15, -0.1) is 11.3 Å². The van der Waals surface area contributed by atoms with Gasteiger partial charge in [-0.2, -0.15) is 0 Å². The highest BCUT2D eigenvalue weighted by atomic mass is 35.5. The first-order valence-corrected chi connectivity index (χ1v) is 11.2. The summed E-state index contributed by atoms with van der Waals surface area (Å²) in [5, 5.41) is 7.22. The molecule has 0 bridgehead atoms. The van der Waals surface area contributed by atoms with E-state index in [2.05, 4.69) is 45.4 Å². The molecule has 4 nitrogen and oxygen atoms in total. The molecule has 0 radical (unpaired) electrons. The quantitative estimate of drug-likeness (QED) is 0.441. The molecule has 0 unspecified atom stereocenters. The summed E-state index contributed by atoms with van der Waals surface area (Å²) >= 11 is 8.33. The molecule has 1 aromatic carbocycles. The molecule has 1 aliphatic rings. The van der Waals surface area contributed by atoms with E-state index < -0.39 is 0 Å². The van der Waals surface area contributed by atoms with E-state index in [9.17, 15) is 0 Å². The maximum atomic E-state index is 6.58. The largest absolute Gasteiger partial charge is 0.323 e. The van der Waals surface area contributed by atoms with Gasteiger partial charge in [-0.05, 0) is 68.3 Å². The molecule has 4 heterocycles. The molecule has 0 aliphatic carbocycles. The number of nitrogens with one attached hydrogen (secondary N) is 1. The van der Waals surface area contributed by atoms with Crippen molar-refractivity contribution in [2.45, 2.75) is 32.7 Å². The van der Waals surface area contributed by atoms with Crippen molar-refractivity contribution in [3.05, 3.63) is 46.4 Å². The minimum Gasteiger partial charge on any atom is -0.323 e. The van der Waals surface area contributed by atoms with E-state index >= 15 is 0 Å². The van der Waals surface area contributed by atoms with Crippen LogP contribution >= 0.6 is 22.9 Å². The van der Waals surface area contributed by atoms with E-state index in [1.807, 2.05) is 12.1 Å². The molecule has 0 saturated carbocycles. The van der Waals surface area contributed by atoms with Crippen LogP contribution in [0.3, 0.4) is 0 Å². The minimum atomic E-state index is 0.491. The van der Waals surface area contributed by atoms with Crippen LogP contribution in [0.1, 0.15) is 24.8 Å². The first-order chi connectivity index (χ1) is 13.7. The van der Waals surface area contributed by atoms with E-state index in [0.717, 1.165) is 53.3 Å². The van der Waals surface area contributed by atoms with Gasteiger partial charge in [0.2, 0.25) is 0 Å². The van der Waals surface area contributed by atoms with Crippen LogP contribution in [0, 0.1) is 12.8 Å². The Morgan fingerprint density at radius 3 is 2.79 bits per heavy atom. The molecule has 0 atom stereocenters. The number of benzene rings is 1. The number of piperidine rings is 1. The van der Waals surface area contributed by atoms with E-state index in [-0.39, 0.29) is 0 Å². The Balaban J connectivity index is 1.70. The summed E-state index contributed by atoms with van der Waals surface area (Å²) in [6.45, 7) is 5.37. The minimum absolute atomic E-state index is 0.491. The van der Waals surface area contributed by atoms with Gasteiger partial charge < -0.3 is 9.88 Å². The highest BCUT2D eigenvalue weighted by Gasteiger charge is 2.21. The third kappa shape index (κ3) is 3.11. The number of para-hydroxylation sites is 1. The summed E-state index contributed by atoms with van der Waals surface area (Å²) in [5.74, 6) is 1.79. The van der Waals surface area contributed by atoms with Crippen molar-refractivity contribution < 1.29 is 0 Å². The lowest BCUT2D eigenvalue weighted by Gasteiger charge is -2.23. The molecule has 1 fully saturated rings. The number of aromatic nitrogens is 3. The third-order valence-electron chi connectivity index (χ3n) is 5.83. The fourth-order valence-corrected chi connectivity index (χ4v) is 5.42. The Morgan fingerprint density at radius 1 is 1.18 bits per heavy atom. The highest BCUT2D eigenvalue weighted by molar-refractivity contribution is 7.13.